The zero-order valence-corrected chi connectivity index (χ0v) is 21.6. The topological polar surface area (TPSA) is 178 Å². The predicted octanol–water partition coefficient (Wildman–Crippen LogP) is 2.27. The van der Waals surface area contributed by atoms with Gasteiger partial charge in [0.15, 0.2) is 11.4 Å². The van der Waals surface area contributed by atoms with Crippen LogP contribution in [-0.4, -0.2) is 61.0 Å². The van der Waals surface area contributed by atoms with E-state index < -0.39 is 81.4 Å². The lowest BCUT2D eigenvalue weighted by Crippen LogP contribution is -2.62. The Balaban J connectivity index is 2.05. The highest BCUT2D eigenvalue weighted by molar-refractivity contribution is 7.97. The summed E-state index contributed by atoms with van der Waals surface area (Å²) < 4.78 is 0. The molecule has 0 fully saturated rings. The van der Waals surface area contributed by atoms with E-state index >= 15 is 0 Å². The molecule has 10 heteroatoms. The highest BCUT2D eigenvalue weighted by atomic mass is 32.2. The molecule has 0 bridgehead atoms. The van der Waals surface area contributed by atoms with Crippen LogP contribution in [-0.2, 0) is 20.8 Å². The minimum atomic E-state index is -2.84. The maximum Gasteiger partial charge on any atom is 0.255 e. The Labute approximate surface area is 212 Å². The Bertz CT molecular complexity index is 1270. The van der Waals surface area contributed by atoms with Crippen LogP contribution in [0.1, 0.15) is 67.1 Å². The number of phenols is 1. The number of aromatic hydroxyl groups is 1. The van der Waals surface area contributed by atoms with Crippen molar-refractivity contribution in [1.82, 2.24) is 0 Å². The van der Waals surface area contributed by atoms with E-state index in [2.05, 4.69) is 0 Å². The van der Waals surface area contributed by atoms with Crippen molar-refractivity contribution in [3.8, 4) is 5.75 Å². The molecule has 194 valence electrons. The van der Waals surface area contributed by atoms with Gasteiger partial charge in [-0.15, -0.1) is 0 Å². The molecule has 7 N–H and O–H groups in total. The van der Waals surface area contributed by atoms with E-state index in [0.717, 1.165) is 5.56 Å². The molecule has 36 heavy (non-hydrogen) atoms. The molecule has 1 amide bonds. The third-order valence-corrected chi connectivity index (χ3v) is 8.39. The molecule has 0 radical (unpaired) electrons. The molecular weight excluding hydrogens is 486 g/mol. The molecule has 0 spiro atoms. The van der Waals surface area contributed by atoms with Crippen molar-refractivity contribution in [2.24, 2.45) is 17.6 Å². The molecule has 3 aliphatic rings. The van der Waals surface area contributed by atoms with E-state index in [1.54, 1.807) is 6.92 Å². The number of rotatable bonds is 3. The molecule has 0 aliphatic heterocycles. The zero-order chi connectivity index (χ0) is 27.1. The quantitative estimate of drug-likeness (QED) is 0.328. The number of allylic oxidation sites excluding steroid dienone is 1. The summed E-state index contributed by atoms with van der Waals surface area (Å²) in [6.45, 7) is 7.40. The van der Waals surface area contributed by atoms with Crippen molar-refractivity contribution in [2.75, 3.05) is 6.26 Å². The Kier molecular flexibility index (Phi) is 6.09. The predicted molar refractivity (Wildman–Crippen MR) is 133 cm³/mol. The van der Waals surface area contributed by atoms with E-state index in [1.807, 2.05) is 33.1 Å². The number of ketones is 2. The number of hydrogen-bond donors (Lipinski definition) is 6. The Hall–Kier alpha value is -2.82. The first-order chi connectivity index (χ1) is 16.6. The summed E-state index contributed by atoms with van der Waals surface area (Å²) in [5.74, 6) is -7.98. The molecule has 0 aromatic heterocycles. The fraction of sp³-hybridized carbons (Fsp3) is 0.500. The lowest BCUT2D eigenvalue weighted by Gasteiger charge is -2.50. The minimum Gasteiger partial charge on any atom is -0.511 e. The van der Waals surface area contributed by atoms with Crippen LogP contribution in [0.3, 0.4) is 0 Å². The van der Waals surface area contributed by atoms with Gasteiger partial charge < -0.3 is 31.3 Å². The molecule has 9 nitrogen and oxygen atoms in total. The van der Waals surface area contributed by atoms with E-state index in [0.29, 0.717) is 16.9 Å². The fourth-order valence-corrected chi connectivity index (χ4v) is 6.65. The fourth-order valence-electron chi connectivity index (χ4n) is 6.10. The third-order valence-electron chi connectivity index (χ3n) is 7.79. The molecule has 0 unspecified atom stereocenters. The van der Waals surface area contributed by atoms with Crippen LogP contribution in [0.5, 0.6) is 5.75 Å². The average molecular weight is 518 g/mol. The van der Waals surface area contributed by atoms with Crippen molar-refractivity contribution in [3.63, 3.8) is 0 Å². The maximum absolute atomic E-state index is 13.9. The van der Waals surface area contributed by atoms with Gasteiger partial charge in [-0.05, 0) is 28.7 Å². The molecule has 4 rings (SSSR count). The van der Waals surface area contributed by atoms with Gasteiger partial charge in [-0.3, -0.25) is 14.4 Å². The number of aliphatic hydroxyl groups excluding tert-OH is 3. The zero-order valence-electron chi connectivity index (χ0n) is 20.7. The second kappa shape index (κ2) is 8.36. The Morgan fingerprint density at radius 1 is 1.22 bits per heavy atom. The van der Waals surface area contributed by atoms with Gasteiger partial charge in [0.25, 0.3) is 5.91 Å². The minimum absolute atomic E-state index is 0.0391. The summed E-state index contributed by atoms with van der Waals surface area (Å²) in [5.41, 5.74) is 2.39. The van der Waals surface area contributed by atoms with Gasteiger partial charge in [0.2, 0.25) is 5.78 Å². The van der Waals surface area contributed by atoms with E-state index in [4.69, 9.17) is 5.73 Å². The second-order valence-corrected chi connectivity index (χ2v) is 11.8. The standard InChI is InChI=1S/C26H31NO8S/c1-9-14-10(8-36-5)6-11(25(2,3)4)19(29)17(14)21(31)18-15(9)20(30)12-7-13(28)16(24(27)34)22(32)26(12,35)23(18)33/h6,9,12,15,20,28-30,33,35H,7-8H2,1-5H3,(H2,27,34)/t9-,12+,15+,20+,26+/m0/s1. The van der Waals surface area contributed by atoms with Crippen molar-refractivity contribution >= 4 is 29.2 Å². The number of fused-ring (bicyclic) bond motifs is 3. The monoisotopic (exact) mass is 517 g/mol. The maximum atomic E-state index is 13.9. The average Bonchev–Trinajstić information content (AvgIpc) is 2.76. The van der Waals surface area contributed by atoms with Crippen LogP contribution in [0.4, 0.5) is 0 Å². The summed E-state index contributed by atoms with van der Waals surface area (Å²) in [7, 11) is 0. The van der Waals surface area contributed by atoms with Gasteiger partial charge in [0.1, 0.15) is 22.8 Å². The summed E-state index contributed by atoms with van der Waals surface area (Å²) in [6.07, 6.45) is -0.146. The number of hydrogen-bond acceptors (Lipinski definition) is 9. The number of aliphatic hydroxyl groups is 4. The van der Waals surface area contributed by atoms with Crippen molar-refractivity contribution in [1.29, 1.82) is 0 Å². The summed E-state index contributed by atoms with van der Waals surface area (Å²) >= 11 is 1.52. The molecule has 0 heterocycles. The number of Topliss-reactive ketones (excluding diaryl/α,β-unsaturated/α-hetero) is 2. The SMILES string of the molecule is CSCc1cc(C(C)(C)C)c(O)c2c1[C@H](C)[C@@H]1C(=C(O)[C@]3(O)C(=O)C(C(N)=O)=C(O)C[C@@H]3[C@H]1O)C2=O. The molecule has 5 atom stereocenters. The second-order valence-electron chi connectivity index (χ2n) is 10.9. The van der Waals surface area contributed by atoms with E-state index in [1.165, 1.54) is 11.8 Å². The van der Waals surface area contributed by atoms with Crippen molar-refractivity contribution in [2.45, 2.75) is 62.9 Å². The van der Waals surface area contributed by atoms with Gasteiger partial charge in [0, 0.05) is 35.1 Å². The molecule has 0 saturated carbocycles. The summed E-state index contributed by atoms with van der Waals surface area (Å²) in [4.78, 5) is 38.9. The van der Waals surface area contributed by atoms with E-state index in [9.17, 15) is 39.9 Å². The third kappa shape index (κ3) is 3.34. The number of carbonyl (C=O) groups is 3. The van der Waals surface area contributed by atoms with Crippen molar-refractivity contribution in [3.05, 3.63) is 51.0 Å². The lowest BCUT2D eigenvalue weighted by atomic mass is 9.56. The van der Waals surface area contributed by atoms with Crippen LogP contribution in [0, 0.1) is 11.8 Å². The van der Waals surface area contributed by atoms with Crippen LogP contribution >= 0.6 is 11.8 Å². The van der Waals surface area contributed by atoms with Crippen LogP contribution in [0.15, 0.2) is 28.7 Å². The summed E-state index contributed by atoms with van der Waals surface area (Å²) in [6, 6.07) is 1.85. The number of amides is 1. The van der Waals surface area contributed by atoms with E-state index in [-0.39, 0.29) is 11.3 Å². The van der Waals surface area contributed by atoms with Gasteiger partial charge in [-0.25, -0.2) is 0 Å². The van der Waals surface area contributed by atoms with Crippen LogP contribution < -0.4 is 5.73 Å². The first kappa shape index (κ1) is 26.2. The molecule has 3 aliphatic carbocycles. The number of phenolic OH excluding ortho intramolecular Hbond substituents is 1. The molecule has 0 saturated heterocycles. The normalized spacial score (nSPS) is 30.2. The Morgan fingerprint density at radius 3 is 2.36 bits per heavy atom. The first-order valence-electron chi connectivity index (χ1n) is 11.6. The van der Waals surface area contributed by atoms with Crippen LogP contribution in [0.2, 0.25) is 0 Å². The number of benzene rings is 1. The highest BCUT2D eigenvalue weighted by Crippen LogP contribution is 2.56. The number of carbonyl (C=O) groups excluding carboxylic acids is 3. The van der Waals surface area contributed by atoms with Gasteiger partial charge in [-0.2, -0.15) is 11.8 Å². The highest BCUT2D eigenvalue weighted by Gasteiger charge is 2.64. The first-order valence-corrected chi connectivity index (χ1v) is 13.0. The lowest BCUT2D eigenvalue weighted by molar-refractivity contribution is -0.154. The Morgan fingerprint density at radius 2 is 1.83 bits per heavy atom. The van der Waals surface area contributed by atoms with Gasteiger partial charge in [0.05, 0.1) is 11.7 Å². The van der Waals surface area contributed by atoms with Crippen molar-refractivity contribution < 1.29 is 39.9 Å². The summed E-state index contributed by atoms with van der Waals surface area (Å²) in [5, 5.41) is 55.7. The molecule has 1 aromatic carbocycles. The van der Waals surface area contributed by atoms with Gasteiger partial charge in [-0.1, -0.05) is 33.8 Å². The number of thioether (sulfide) groups is 1. The largest absolute Gasteiger partial charge is 0.511 e. The number of primary amides is 1. The molecular formula is C26H31NO8S. The van der Waals surface area contributed by atoms with Gasteiger partial charge >= 0.3 is 0 Å². The van der Waals surface area contributed by atoms with Crippen LogP contribution in [0.25, 0.3) is 0 Å². The molecule has 1 aromatic rings. The number of nitrogens with two attached hydrogens (primary N) is 1. The smallest absolute Gasteiger partial charge is 0.255 e.